The smallest absolute Gasteiger partial charge is 0.141 e. The van der Waals surface area contributed by atoms with E-state index in [-0.39, 0.29) is 10.8 Å². The number of benzene rings is 1. The molecule has 0 fully saturated rings. The molecule has 0 saturated carbocycles. The van der Waals surface area contributed by atoms with Crippen LogP contribution in [-0.4, -0.2) is 6.54 Å². The number of nitrogens with one attached hydrogen (secondary N) is 1. The number of hydrogen-bond donors (Lipinski definition) is 1. The van der Waals surface area contributed by atoms with Gasteiger partial charge in [-0.2, -0.15) is 0 Å². The lowest BCUT2D eigenvalue weighted by Gasteiger charge is -2.04. The quantitative estimate of drug-likeness (QED) is 0.827. The number of hydrogen-bond acceptors (Lipinski definition) is 2. The summed E-state index contributed by atoms with van der Waals surface area (Å²) in [6.45, 7) is 1.48. The second-order valence-electron chi connectivity index (χ2n) is 3.75. The Morgan fingerprint density at radius 2 is 2.18 bits per heavy atom. The monoisotopic (exact) mass is 253 g/mol. The zero-order chi connectivity index (χ0) is 12.1. The predicted molar refractivity (Wildman–Crippen MR) is 65.5 cm³/mol. The van der Waals surface area contributed by atoms with Crippen LogP contribution in [0.5, 0.6) is 0 Å². The molecule has 17 heavy (non-hydrogen) atoms. The van der Waals surface area contributed by atoms with Crippen LogP contribution in [-0.2, 0) is 13.0 Å². The maximum Gasteiger partial charge on any atom is 0.141 e. The van der Waals surface area contributed by atoms with Crippen LogP contribution in [0.4, 0.5) is 4.39 Å². The van der Waals surface area contributed by atoms with E-state index in [0.29, 0.717) is 6.54 Å². The van der Waals surface area contributed by atoms with Gasteiger partial charge in [-0.15, -0.1) is 0 Å². The van der Waals surface area contributed by atoms with Crippen molar-refractivity contribution in [2.45, 2.75) is 13.0 Å². The molecule has 0 bridgehead atoms. The Hall–Kier alpha value is -1.32. The minimum Gasteiger partial charge on any atom is -0.469 e. The molecule has 4 heteroatoms. The summed E-state index contributed by atoms with van der Waals surface area (Å²) in [5.41, 5.74) is 0.968. The van der Waals surface area contributed by atoms with E-state index >= 15 is 0 Å². The molecule has 0 amide bonds. The summed E-state index contributed by atoms with van der Waals surface area (Å²) in [6.07, 6.45) is 2.50. The minimum atomic E-state index is -0.383. The second kappa shape index (κ2) is 5.84. The van der Waals surface area contributed by atoms with Gasteiger partial charge in [-0.1, -0.05) is 17.7 Å². The van der Waals surface area contributed by atoms with Gasteiger partial charge in [-0.3, -0.25) is 0 Å². The van der Waals surface area contributed by atoms with E-state index in [0.717, 1.165) is 24.3 Å². The highest BCUT2D eigenvalue weighted by Gasteiger charge is 2.00. The van der Waals surface area contributed by atoms with E-state index in [4.69, 9.17) is 16.0 Å². The molecule has 1 N–H and O–H groups in total. The first-order valence-corrected chi connectivity index (χ1v) is 5.80. The molecule has 1 aromatic heterocycles. The Morgan fingerprint density at radius 3 is 2.88 bits per heavy atom. The molecule has 2 aromatic rings. The van der Waals surface area contributed by atoms with Gasteiger partial charge in [-0.25, -0.2) is 4.39 Å². The van der Waals surface area contributed by atoms with E-state index in [2.05, 4.69) is 5.32 Å². The minimum absolute atomic E-state index is 0.162. The van der Waals surface area contributed by atoms with Gasteiger partial charge in [0.25, 0.3) is 0 Å². The van der Waals surface area contributed by atoms with Gasteiger partial charge in [0.05, 0.1) is 11.3 Å². The lowest BCUT2D eigenvalue weighted by Crippen LogP contribution is -2.16. The fourth-order valence-corrected chi connectivity index (χ4v) is 1.75. The number of halogens is 2. The van der Waals surface area contributed by atoms with Crippen LogP contribution in [0.25, 0.3) is 0 Å². The summed E-state index contributed by atoms with van der Waals surface area (Å²) in [4.78, 5) is 0. The van der Waals surface area contributed by atoms with E-state index in [9.17, 15) is 4.39 Å². The Labute approximate surface area is 104 Å². The van der Waals surface area contributed by atoms with Crippen molar-refractivity contribution in [2.24, 2.45) is 0 Å². The summed E-state index contributed by atoms with van der Waals surface area (Å²) in [5.74, 6) is 0.570. The first-order chi connectivity index (χ1) is 8.25. The van der Waals surface area contributed by atoms with Crippen molar-refractivity contribution in [3.63, 3.8) is 0 Å². The van der Waals surface area contributed by atoms with Crippen LogP contribution in [0.1, 0.15) is 11.3 Å². The highest BCUT2D eigenvalue weighted by molar-refractivity contribution is 6.30. The third-order valence-electron chi connectivity index (χ3n) is 2.44. The van der Waals surface area contributed by atoms with E-state index < -0.39 is 0 Å². The molecule has 0 radical (unpaired) electrons. The van der Waals surface area contributed by atoms with Crippen molar-refractivity contribution in [2.75, 3.05) is 6.54 Å². The van der Waals surface area contributed by atoms with Crippen molar-refractivity contribution in [1.82, 2.24) is 5.32 Å². The molecule has 90 valence electrons. The molecular formula is C13H13ClFNO. The summed E-state index contributed by atoms with van der Waals surface area (Å²) in [6, 6.07) is 8.55. The molecule has 0 aliphatic rings. The third-order valence-corrected chi connectivity index (χ3v) is 2.73. The fraction of sp³-hybridized carbons (Fsp3) is 0.231. The van der Waals surface area contributed by atoms with Crippen LogP contribution in [0.2, 0.25) is 5.02 Å². The molecule has 2 nitrogen and oxygen atoms in total. The molecule has 0 unspecified atom stereocenters. The predicted octanol–water partition coefficient (Wildman–Crippen LogP) is 3.40. The largest absolute Gasteiger partial charge is 0.469 e. The van der Waals surface area contributed by atoms with Crippen LogP contribution in [0.3, 0.4) is 0 Å². The summed E-state index contributed by atoms with van der Waals surface area (Å²) in [5, 5.41) is 3.41. The van der Waals surface area contributed by atoms with Gasteiger partial charge in [-0.05, 0) is 29.8 Å². The Bertz CT molecular complexity index is 470. The fourth-order valence-electron chi connectivity index (χ4n) is 1.55. The van der Waals surface area contributed by atoms with E-state index in [1.165, 1.54) is 6.07 Å². The number of rotatable bonds is 5. The topological polar surface area (TPSA) is 25.2 Å². The maximum absolute atomic E-state index is 12.9. The Morgan fingerprint density at radius 1 is 1.29 bits per heavy atom. The van der Waals surface area contributed by atoms with Gasteiger partial charge < -0.3 is 9.73 Å². The average molecular weight is 254 g/mol. The molecular weight excluding hydrogens is 241 g/mol. The SMILES string of the molecule is Fc1ccc(CNCCc2ccco2)cc1Cl. The lowest BCUT2D eigenvalue weighted by molar-refractivity contribution is 0.499. The molecule has 0 aliphatic carbocycles. The first kappa shape index (κ1) is 12.1. The molecule has 0 atom stereocenters. The van der Waals surface area contributed by atoms with Gasteiger partial charge in [0, 0.05) is 19.5 Å². The molecule has 0 aliphatic heterocycles. The standard InChI is InChI=1S/C13H13ClFNO/c14-12-8-10(3-4-13(12)15)9-16-6-5-11-2-1-7-17-11/h1-4,7-8,16H,5-6,9H2. The molecule has 0 spiro atoms. The number of furan rings is 1. The van der Waals surface area contributed by atoms with Crippen molar-refractivity contribution in [1.29, 1.82) is 0 Å². The average Bonchev–Trinajstić information content (AvgIpc) is 2.82. The van der Waals surface area contributed by atoms with Crippen LogP contribution in [0, 0.1) is 5.82 Å². The van der Waals surface area contributed by atoms with Crippen molar-refractivity contribution >= 4 is 11.6 Å². The van der Waals surface area contributed by atoms with E-state index in [1.54, 1.807) is 18.4 Å². The second-order valence-corrected chi connectivity index (χ2v) is 4.16. The highest BCUT2D eigenvalue weighted by atomic mass is 35.5. The summed E-state index contributed by atoms with van der Waals surface area (Å²) >= 11 is 5.69. The molecule has 1 aromatic carbocycles. The van der Waals surface area contributed by atoms with Crippen molar-refractivity contribution < 1.29 is 8.81 Å². The Balaban J connectivity index is 1.76. The van der Waals surface area contributed by atoms with Crippen LogP contribution in [0.15, 0.2) is 41.0 Å². The van der Waals surface area contributed by atoms with Crippen LogP contribution < -0.4 is 5.32 Å². The molecule has 0 saturated heterocycles. The highest BCUT2D eigenvalue weighted by Crippen LogP contribution is 2.15. The van der Waals surface area contributed by atoms with E-state index in [1.807, 2.05) is 12.1 Å². The Kier molecular flexibility index (Phi) is 4.18. The lowest BCUT2D eigenvalue weighted by atomic mass is 10.2. The van der Waals surface area contributed by atoms with Gasteiger partial charge >= 0.3 is 0 Å². The van der Waals surface area contributed by atoms with Crippen LogP contribution >= 0.6 is 11.6 Å². The van der Waals surface area contributed by atoms with Gasteiger partial charge in [0.2, 0.25) is 0 Å². The normalized spacial score (nSPS) is 10.7. The maximum atomic E-state index is 12.9. The zero-order valence-corrected chi connectivity index (χ0v) is 10.0. The molecule has 2 rings (SSSR count). The van der Waals surface area contributed by atoms with Gasteiger partial charge in [0.1, 0.15) is 11.6 Å². The zero-order valence-electron chi connectivity index (χ0n) is 9.25. The summed E-state index contributed by atoms with van der Waals surface area (Å²) < 4.78 is 18.1. The van der Waals surface area contributed by atoms with Crippen molar-refractivity contribution in [3.8, 4) is 0 Å². The first-order valence-electron chi connectivity index (χ1n) is 5.43. The summed E-state index contributed by atoms with van der Waals surface area (Å²) in [7, 11) is 0. The molecule has 1 heterocycles. The third kappa shape index (κ3) is 3.58. The van der Waals surface area contributed by atoms with Gasteiger partial charge in [0.15, 0.2) is 0 Å². The van der Waals surface area contributed by atoms with Crippen molar-refractivity contribution in [3.05, 3.63) is 58.8 Å².